The van der Waals surface area contributed by atoms with Crippen molar-refractivity contribution < 1.29 is 14.7 Å². The van der Waals surface area contributed by atoms with Crippen molar-refractivity contribution in [2.45, 2.75) is 25.8 Å². The summed E-state index contributed by atoms with van der Waals surface area (Å²) in [6.45, 7) is 0.438. The molecular weight excluding hydrogens is 342 g/mol. The van der Waals surface area contributed by atoms with Gasteiger partial charge in [0.05, 0.1) is 17.0 Å². The number of rotatable bonds is 5. The van der Waals surface area contributed by atoms with E-state index in [4.69, 9.17) is 5.11 Å². The third-order valence-electron chi connectivity index (χ3n) is 5.24. The molecule has 4 rings (SSSR count). The van der Waals surface area contributed by atoms with E-state index in [0.29, 0.717) is 25.8 Å². The van der Waals surface area contributed by atoms with Crippen LogP contribution in [0.2, 0.25) is 0 Å². The van der Waals surface area contributed by atoms with E-state index in [1.807, 2.05) is 48.5 Å². The number of imidazole rings is 1. The number of nitrogens with one attached hydrogen (secondary N) is 2. The number of benzene rings is 2. The quantitative estimate of drug-likeness (QED) is 0.648. The molecule has 1 saturated carbocycles. The van der Waals surface area contributed by atoms with Crippen molar-refractivity contribution >= 4 is 22.9 Å². The first-order valence-corrected chi connectivity index (χ1v) is 9.15. The van der Waals surface area contributed by atoms with E-state index >= 15 is 0 Å². The summed E-state index contributed by atoms with van der Waals surface area (Å²) < 4.78 is 0. The van der Waals surface area contributed by atoms with Crippen molar-refractivity contribution in [3.8, 4) is 11.4 Å². The Hall–Kier alpha value is -3.15. The van der Waals surface area contributed by atoms with Gasteiger partial charge in [0, 0.05) is 18.0 Å². The minimum atomic E-state index is -0.800. The molecule has 6 heteroatoms. The summed E-state index contributed by atoms with van der Waals surface area (Å²) in [5.41, 5.74) is 3.91. The number of hydrogen-bond donors (Lipinski definition) is 3. The van der Waals surface area contributed by atoms with Gasteiger partial charge < -0.3 is 15.4 Å². The third-order valence-corrected chi connectivity index (χ3v) is 5.24. The van der Waals surface area contributed by atoms with Gasteiger partial charge in [-0.05, 0) is 37.0 Å². The fourth-order valence-corrected chi connectivity index (χ4v) is 3.65. The van der Waals surface area contributed by atoms with Crippen molar-refractivity contribution in [1.29, 1.82) is 0 Å². The van der Waals surface area contributed by atoms with Gasteiger partial charge in [0.2, 0.25) is 5.91 Å². The van der Waals surface area contributed by atoms with Crippen LogP contribution in [0, 0.1) is 11.8 Å². The first kappa shape index (κ1) is 17.3. The smallest absolute Gasteiger partial charge is 0.306 e. The maximum atomic E-state index is 12.3. The second-order valence-corrected chi connectivity index (χ2v) is 7.06. The largest absolute Gasteiger partial charge is 0.481 e. The Morgan fingerprint density at radius 3 is 2.52 bits per heavy atom. The number of carbonyl (C=O) groups excluding carboxylic acids is 1. The molecule has 0 bridgehead atoms. The maximum Gasteiger partial charge on any atom is 0.306 e. The summed E-state index contributed by atoms with van der Waals surface area (Å²) >= 11 is 0. The lowest BCUT2D eigenvalue weighted by Gasteiger charge is -2.11. The molecule has 3 N–H and O–H groups in total. The summed E-state index contributed by atoms with van der Waals surface area (Å²) in [5.74, 6) is -0.617. The average molecular weight is 363 g/mol. The summed E-state index contributed by atoms with van der Waals surface area (Å²) in [4.78, 5) is 31.2. The van der Waals surface area contributed by atoms with Crippen LogP contribution in [0.1, 0.15) is 24.8 Å². The zero-order chi connectivity index (χ0) is 18.8. The standard InChI is InChI=1S/C21H21N3O3/c25-20(15-9-10-16(11-15)21(26)27)22-12-13-5-7-14(8-6-13)19-23-17-3-1-2-4-18(17)24-19/h1-8,15-16H,9-12H2,(H,22,25)(H,23,24)(H,26,27)/t15-,16+/m0/s1. The number of nitrogens with zero attached hydrogens (tertiary/aromatic N) is 1. The normalized spacial score (nSPS) is 19.3. The predicted octanol–water partition coefficient (Wildman–Crippen LogP) is 3.35. The molecule has 1 amide bonds. The molecule has 0 saturated heterocycles. The Morgan fingerprint density at radius 2 is 1.81 bits per heavy atom. The van der Waals surface area contributed by atoms with Gasteiger partial charge in [0.15, 0.2) is 0 Å². The van der Waals surface area contributed by atoms with Gasteiger partial charge in [-0.15, -0.1) is 0 Å². The molecule has 1 fully saturated rings. The van der Waals surface area contributed by atoms with Crippen LogP contribution in [0.15, 0.2) is 48.5 Å². The fraction of sp³-hybridized carbons (Fsp3) is 0.286. The molecule has 0 aliphatic heterocycles. The highest BCUT2D eigenvalue weighted by Crippen LogP contribution is 2.31. The fourth-order valence-electron chi connectivity index (χ4n) is 3.65. The molecule has 1 aliphatic rings. The summed E-state index contributed by atoms with van der Waals surface area (Å²) in [6, 6.07) is 15.8. The van der Waals surface area contributed by atoms with Crippen LogP contribution in [0.4, 0.5) is 0 Å². The lowest BCUT2D eigenvalue weighted by atomic mass is 10.0. The van der Waals surface area contributed by atoms with Crippen molar-refractivity contribution in [2.75, 3.05) is 0 Å². The number of amides is 1. The maximum absolute atomic E-state index is 12.3. The number of carboxylic acids is 1. The average Bonchev–Trinajstić information content (AvgIpc) is 3.33. The molecule has 1 aliphatic carbocycles. The Labute approximate surface area is 156 Å². The zero-order valence-corrected chi connectivity index (χ0v) is 14.8. The molecule has 3 aromatic rings. The molecule has 1 aromatic heterocycles. The highest BCUT2D eigenvalue weighted by atomic mass is 16.4. The number of para-hydroxylation sites is 2. The van der Waals surface area contributed by atoms with Crippen LogP contribution in [0.3, 0.4) is 0 Å². The summed E-state index contributed by atoms with van der Waals surface area (Å²) in [7, 11) is 0. The number of hydrogen-bond acceptors (Lipinski definition) is 3. The first-order valence-electron chi connectivity index (χ1n) is 9.15. The molecule has 138 valence electrons. The minimum Gasteiger partial charge on any atom is -0.481 e. The number of carbonyl (C=O) groups is 2. The molecule has 6 nitrogen and oxygen atoms in total. The van der Waals surface area contributed by atoms with E-state index in [0.717, 1.165) is 28.0 Å². The van der Waals surface area contributed by atoms with E-state index in [9.17, 15) is 9.59 Å². The molecule has 2 atom stereocenters. The lowest BCUT2D eigenvalue weighted by molar-refractivity contribution is -0.141. The number of H-pyrrole nitrogens is 1. The number of aliphatic carboxylic acids is 1. The van der Waals surface area contributed by atoms with E-state index in [1.54, 1.807) is 0 Å². The van der Waals surface area contributed by atoms with Crippen LogP contribution in [-0.4, -0.2) is 27.0 Å². The van der Waals surface area contributed by atoms with Gasteiger partial charge in [-0.1, -0.05) is 36.4 Å². The van der Waals surface area contributed by atoms with E-state index < -0.39 is 5.97 Å². The van der Waals surface area contributed by atoms with Gasteiger partial charge in [-0.3, -0.25) is 9.59 Å². The molecule has 0 unspecified atom stereocenters. The van der Waals surface area contributed by atoms with Crippen LogP contribution in [0.5, 0.6) is 0 Å². The summed E-state index contributed by atoms with van der Waals surface area (Å²) in [6.07, 6.45) is 1.67. The molecule has 0 spiro atoms. The van der Waals surface area contributed by atoms with Crippen LogP contribution >= 0.6 is 0 Å². The van der Waals surface area contributed by atoms with Crippen molar-refractivity contribution in [3.63, 3.8) is 0 Å². The summed E-state index contributed by atoms with van der Waals surface area (Å²) in [5, 5.41) is 12.0. The predicted molar refractivity (Wildman–Crippen MR) is 102 cm³/mol. The number of fused-ring (bicyclic) bond motifs is 1. The van der Waals surface area contributed by atoms with Crippen LogP contribution in [0.25, 0.3) is 22.4 Å². The Bertz CT molecular complexity index is 945. The second kappa shape index (κ2) is 7.23. The SMILES string of the molecule is O=C(O)[C@@H]1CC[C@H](C(=O)NCc2ccc(-c3nc4ccccc4[nH]3)cc2)C1. The number of aromatic amines is 1. The van der Waals surface area contributed by atoms with Gasteiger partial charge in [0.1, 0.15) is 5.82 Å². The van der Waals surface area contributed by atoms with Crippen molar-refractivity contribution in [2.24, 2.45) is 11.8 Å². The minimum absolute atomic E-state index is 0.0555. The van der Waals surface area contributed by atoms with E-state index in [2.05, 4.69) is 15.3 Å². The zero-order valence-electron chi connectivity index (χ0n) is 14.8. The van der Waals surface area contributed by atoms with E-state index in [1.165, 1.54) is 0 Å². The molecule has 27 heavy (non-hydrogen) atoms. The highest BCUT2D eigenvalue weighted by Gasteiger charge is 2.33. The number of carboxylic acid groups (broad SMARTS) is 1. The van der Waals surface area contributed by atoms with Crippen LogP contribution in [-0.2, 0) is 16.1 Å². The third kappa shape index (κ3) is 3.69. The van der Waals surface area contributed by atoms with Gasteiger partial charge in [-0.2, -0.15) is 0 Å². The lowest BCUT2D eigenvalue weighted by Crippen LogP contribution is -2.29. The second-order valence-electron chi connectivity index (χ2n) is 7.06. The van der Waals surface area contributed by atoms with Crippen molar-refractivity contribution in [1.82, 2.24) is 15.3 Å². The van der Waals surface area contributed by atoms with Gasteiger partial charge >= 0.3 is 5.97 Å². The van der Waals surface area contributed by atoms with E-state index in [-0.39, 0.29) is 17.7 Å². The van der Waals surface area contributed by atoms with Crippen molar-refractivity contribution in [3.05, 3.63) is 54.1 Å². The molecular formula is C21H21N3O3. The molecule has 0 radical (unpaired) electrons. The van der Waals surface area contributed by atoms with Crippen LogP contribution < -0.4 is 5.32 Å². The Kier molecular flexibility index (Phi) is 4.62. The topological polar surface area (TPSA) is 95.1 Å². The number of aromatic nitrogens is 2. The first-order chi connectivity index (χ1) is 13.1. The molecule has 1 heterocycles. The van der Waals surface area contributed by atoms with Gasteiger partial charge in [-0.25, -0.2) is 4.98 Å². The highest BCUT2D eigenvalue weighted by molar-refractivity contribution is 5.81. The monoisotopic (exact) mass is 363 g/mol. The Balaban J connectivity index is 1.37. The Morgan fingerprint density at radius 1 is 1.07 bits per heavy atom. The molecule has 2 aromatic carbocycles. The van der Waals surface area contributed by atoms with Gasteiger partial charge in [0.25, 0.3) is 0 Å².